The number of amides is 1. The van der Waals surface area contributed by atoms with Gasteiger partial charge in [0, 0.05) is 18.3 Å². The number of aromatic nitrogens is 1. The summed E-state index contributed by atoms with van der Waals surface area (Å²) in [7, 11) is 0. The van der Waals surface area contributed by atoms with Gasteiger partial charge >= 0.3 is 0 Å². The molecule has 5 heteroatoms. The molecule has 0 saturated heterocycles. The number of anilines is 1. The molecule has 0 aliphatic heterocycles. The number of carbonyl (C=O) groups is 1. The van der Waals surface area contributed by atoms with E-state index in [9.17, 15) is 13.6 Å². The van der Waals surface area contributed by atoms with Crippen LogP contribution in [0.4, 0.5) is 14.5 Å². The Hall–Kier alpha value is -3.08. The number of pyridine rings is 1. The SMILES string of the molecule is O=C(CCc1ccccc1F)N(Cc1ccccn1)c1ccc(F)cc1. The first-order chi connectivity index (χ1) is 12.6. The fourth-order valence-corrected chi connectivity index (χ4v) is 2.68. The van der Waals surface area contributed by atoms with Crippen LogP contribution < -0.4 is 4.90 Å². The molecule has 1 heterocycles. The lowest BCUT2D eigenvalue weighted by atomic mass is 10.1. The summed E-state index contributed by atoms with van der Waals surface area (Å²) in [6.45, 7) is 0.266. The minimum Gasteiger partial charge on any atom is -0.306 e. The van der Waals surface area contributed by atoms with Gasteiger partial charge in [0.05, 0.1) is 12.2 Å². The largest absolute Gasteiger partial charge is 0.306 e. The minimum absolute atomic E-state index is 0.144. The summed E-state index contributed by atoms with van der Waals surface area (Å²) in [5, 5.41) is 0. The van der Waals surface area contributed by atoms with Crippen molar-refractivity contribution in [3.63, 3.8) is 0 Å². The van der Waals surface area contributed by atoms with Crippen LogP contribution in [0.3, 0.4) is 0 Å². The number of carbonyl (C=O) groups excluding carboxylic acids is 1. The second-order valence-corrected chi connectivity index (χ2v) is 5.87. The quantitative estimate of drug-likeness (QED) is 0.653. The molecule has 0 radical (unpaired) electrons. The zero-order chi connectivity index (χ0) is 18.4. The highest BCUT2D eigenvalue weighted by atomic mass is 19.1. The molecular weight excluding hydrogens is 334 g/mol. The van der Waals surface area contributed by atoms with Crippen LogP contribution in [0.1, 0.15) is 17.7 Å². The highest BCUT2D eigenvalue weighted by Gasteiger charge is 2.17. The minimum atomic E-state index is -0.370. The Balaban J connectivity index is 1.78. The fraction of sp³-hybridized carbons (Fsp3) is 0.143. The molecule has 1 aromatic heterocycles. The molecule has 1 amide bonds. The average Bonchev–Trinajstić information content (AvgIpc) is 2.67. The highest BCUT2D eigenvalue weighted by Crippen LogP contribution is 2.20. The summed E-state index contributed by atoms with van der Waals surface area (Å²) >= 11 is 0. The van der Waals surface area contributed by atoms with Crippen LogP contribution in [0.15, 0.2) is 72.9 Å². The topological polar surface area (TPSA) is 33.2 Å². The first-order valence-corrected chi connectivity index (χ1v) is 8.33. The number of rotatable bonds is 6. The summed E-state index contributed by atoms with van der Waals surface area (Å²) in [5.74, 6) is -0.866. The first-order valence-electron chi connectivity index (χ1n) is 8.33. The molecule has 0 atom stereocenters. The molecule has 2 aromatic carbocycles. The van der Waals surface area contributed by atoms with E-state index in [0.717, 1.165) is 5.69 Å². The van der Waals surface area contributed by atoms with E-state index in [4.69, 9.17) is 0 Å². The van der Waals surface area contributed by atoms with Crippen molar-refractivity contribution in [2.24, 2.45) is 0 Å². The van der Waals surface area contributed by atoms with Gasteiger partial charge in [-0.05, 0) is 54.4 Å². The highest BCUT2D eigenvalue weighted by molar-refractivity contribution is 5.93. The molecule has 3 nitrogen and oxygen atoms in total. The summed E-state index contributed by atoms with van der Waals surface area (Å²) in [6, 6.07) is 17.6. The number of hydrogen-bond donors (Lipinski definition) is 0. The molecule has 0 saturated carbocycles. The lowest BCUT2D eigenvalue weighted by molar-refractivity contribution is -0.118. The van der Waals surface area contributed by atoms with Crippen LogP contribution in [-0.2, 0) is 17.8 Å². The van der Waals surface area contributed by atoms with Crippen molar-refractivity contribution >= 4 is 11.6 Å². The average molecular weight is 352 g/mol. The Morgan fingerprint density at radius 3 is 2.35 bits per heavy atom. The molecule has 0 spiro atoms. The van der Waals surface area contributed by atoms with Crippen molar-refractivity contribution < 1.29 is 13.6 Å². The summed E-state index contributed by atoms with van der Waals surface area (Å²) in [6.07, 6.45) is 2.10. The van der Waals surface area contributed by atoms with Gasteiger partial charge in [-0.3, -0.25) is 9.78 Å². The molecule has 0 aliphatic rings. The van der Waals surface area contributed by atoms with Gasteiger partial charge in [-0.15, -0.1) is 0 Å². The predicted octanol–water partition coefficient (Wildman–Crippen LogP) is 4.53. The van der Waals surface area contributed by atoms with E-state index in [1.807, 2.05) is 12.1 Å². The molecule has 26 heavy (non-hydrogen) atoms. The summed E-state index contributed by atoms with van der Waals surface area (Å²) < 4.78 is 27.0. The van der Waals surface area contributed by atoms with E-state index in [2.05, 4.69) is 4.98 Å². The number of halogens is 2. The van der Waals surface area contributed by atoms with E-state index in [1.54, 1.807) is 47.5 Å². The van der Waals surface area contributed by atoms with Crippen LogP contribution in [-0.4, -0.2) is 10.9 Å². The van der Waals surface area contributed by atoms with Gasteiger partial charge in [0.2, 0.25) is 5.91 Å². The maximum atomic E-state index is 13.8. The van der Waals surface area contributed by atoms with Crippen molar-refractivity contribution in [3.8, 4) is 0 Å². The number of hydrogen-bond acceptors (Lipinski definition) is 2. The zero-order valence-corrected chi connectivity index (χ0v) is 14.1. The summed E-state index contributed by atoms with van der Waals surface area (Å²) in [4.78, 5) is 18.6. The second-order valence-electron chi connectivity index (χ2n) is 5.87. The zero-order valence-electron chi connectivity index (χ0n) is 14.1. The third-order valence-corrected chi connectivity index (χ3v) is 4.05. The molecular formula is C21H18F2N2O. The van der Waals surface area contributed by atoms with Gasteiger partial charge in [-0.25, -0.2) is 8.78 Å². The third-order valence-electron chi connectivity index (χ3n) is 4.05. The molecule has 0 aliphatic carbocycles. The second kappa shape index (κ2) is 8.34. The van der Waals surface area contributed by atoms with Gasteiger partial charge in [0.15, 0.2) is 0 Å². The van der Waals surface area contributed by atoms with E-state index < -0.39 is 0 Å². The van der Waals surface area contributed by atoms with E-state index in [-0.39, 0.29) is 30.5 Å². The Bertz CT molecular complexity index is 867. The molecule has 0 fully saturated rings. The Labute approximate surface area is 150 Å². The lowest BCUT2D eigenvalue weighted by Crippen LogP contribution is -2.31. The van der Waals surface area contributed by atoms with Crippen LogP contribution in [0.25, 0.3) is 0 Å². The van der Waals surface area contributed by atoms with Crippen LogP contribution >= 0.6 is 0 Å². The van der Waals surface area contributed by atoms with Gasteiger partial charge in [0.1, 0.15) is 11.6 Å². The first kappa shape index (κ1) is 17.7. The van der Waals surface area contributed by atoms with Crippen LogP contribution in [0.5, 0.6) is 0 Å². The molecule has 3 rings (SSSR count). The van der Waals surface area contributed by atoms with E-state index in [1.165, 1.54) is 18.2 Å². The van der Waals surface area contributed by atoms with Crippen molar-refractivity contribution in [1.82, 2.24) is 4.98 Å². The number of nitrogens with zero attached hydrogens (tertiary/aromatic N) is 2. The smallest absolute Gasteiger partial charge is 0.227 e. The lowest BCUT2D eigenvalue weighted by Gasteiger charge is -2.23. The third kappa shape index (κ3) is 4.51. The number of benzene rings is 2. The molecule has 0 N–H and O–H groups in total. The van der Waals surface area contributed by atoms with Crippen molar-refractivity contribution in [2.75, 3.05) is 4.90 Å². The Morgan fingerprint density at radius 1 is 0.923 bits per heavy atom. The van der Waals surface area contributed by atoms with Crippen LogP contribution in [0.2, 0.25) is 0 Å². The van der Waals surface area contributed by atoms with Crippen molar-refractivity contribution in [3.05, 3.63) is 95.8 Å². The van der Waals surface area contributed by atoms with E-state index in [0.29, 0.717) is 17.7 Å². The predicted molar refractivity (Wildman–Crippen MR) is 96.5 cm³/mol. The molecule has 3 aromatic rings. The number of aryl methyl sites for hydroxylation is 1. The summed E-state index contributed by atoms with van der Waals surface area (Å²) in [5.41, 5.74) is 1.80. The fourth-order valence-electron chi connectivity index (χ4n) is 2.68. The van der Waals surface area contributed by atoms with E-state index >= 15 is 0 Å². The van der Waals surface area contributed by atoms with Crippen LogP contribution in [0, 0.1) is 11.6 Å². The maximum Gasteiger partial charge on any atom is 0.227 e. The standard InChI is InChI=1S/C21H18F2N2O/c22-17-9-11-19(12-10-17)25(15-18-6-3-4-14-24-18)21(26)13-8-16-5-1-2-7-20(16)23/h1-7,9-12,14H,8,13,15H2. The normalized spacial score (nSPS) is 10.5. The Morgan fingerprint density at radius 2 is 1.65 bits per heavy atom. The molecule has 0 bridgehead atoms. The molecule has 0 unspecified atom stereocenters. The van der Waals surface area contributed by atoms with Gasteiger partial charge < -0.3 is 4.90 Å². The van der Waals surface area contributed by atoms with Gasteiger partial charge in [-0.2, -0.15) is 0 Å². The molecule has 132 valence electrons. The van der Waals surface area contributed by atoms with Crippen molar-refractivity contribution in [1.29, 1.82) is 0 Å². The maximum absolute atomic E-state index is 13.8. The van der Waals surface area contributed by atoms with Gasteiger partial charge in [0.25, 0.3) is 0 Å². The van der Waals surface area contributed by atoms with Gasteiger partial charge in [-0.1, -0.05) is 24.3 Å². The Kier molecular flexibility index (Phi) is 5.69. The van der Waals surface area contributed by atoms with Crippen molar-refractivity contribution in [2.45, 2.75) is 19.4 Å². The monoisotopic (exact) mass is 352 g/mol.